The third-order valence-electron chi connectivity index (χ3n) is 5.98. The molecule has 1 saturated heterocycles. The second kappa shape index (κ2) is 10.4. The number of rotatable bonds is 8. The molecule has 32 heavy (non-hydrogen) atoms. The van der Waals surface area contributed by atoms with E-state index in [0.717, 1.165) is 61.1 Å². The smallest absolute Gasteiger partial charge is 0.234 e. The van der Waals surface area contributed by atoms with Crippen molar-refractivity contribution in [3.8, 4) is 0 Å². The van der Waals surface area contributed by atoms with Gasteiger partial charge >= 0.3 is 0 Å². The van der Waals surface area contributed by atoms with Crippen LogP contribution < -0.4 is 10.6 Å². The van der Waals surface area contributed by atoms with Crippen molar-refractivity contribution in [3.63, 3.8) is 0 Å². The lowest BCUT2D eigenvalue weighted by Gasteiger charge is -2.30. The number of carbonyl (C=O) groups excluding carboxylic acids is 2. The first-order chi connectivity index (χ1) is 15.6. The Hall–Kier alpha value is -3.26. The standard InChI is InChI=1S/C24H30N6O2/c1-2-30-16-21(15-27-30)28-24(32)20-9-13-29(14-10-20)17-22(31)25-12-8-19-6-3-5-18-7-4-11-26-23(18)19/h3-7,11,15-16,20H,2,8-10,12-14,17H2,1H3,(H,25,31)(H,28,32). The number of likely N-dealkylation sites (tertiary alicyclic amines) is 1. The van der Waals surface area contributed by atoms with E-state index in [2.05, 4.69) is 31.7 Å². The average Bonchev–Trinajstić information content (AvgIpc) is 3.27. The average molecular weight is 435 g/mol. The maximum atomic E-state index is 12.5. The number of nitrogens with zero attached hydrogens (tertiary/aromatic N) is 4. The van der Waals surface area contributed by atoms with E-state index in [1.165, 1.54) is 0 Å². The Morgan fingerprint density at radius 2 is 1.97 bits per heavy atom. The SMILES string of the molecule is CCn1cc(NC(=O)C2CCN(CC(=O)NCCc3cccc4cccnc34)CC2)cn1. The molecule has 2 amide bonds. The van der Waals surface area contributed by atoms with Crippen LogP contribution in [0.4, 0.5) is 5.69 Å². The summed E-state index contributed by atoms with van der Waals surface area (Å²) in [5, 5.41) is 11.3. The molecule has 0 spiro atoms. The van der Waals surface area contributed by atoms with Crippen molar-refractivity contribution in [2.75, 3.05) is 31.5 Å². The van der Waals surface area contributed by atoms with Crippen molar-refractivity contribution in [2.24, 2.45) is 5.92 Å². The van der Waals surface area contributed by atoms with Crippen molar-refractivity contribution in [2.45, 2.75) is 32.7 Å². The number of anilines is 1. The van der Waals surface area contributed by atoms with Crippen LogP contribution in [0.15, 0.2) is 48.9 Å². The minimum Gasteiger partial charge on any atom is -0.355 e. The summed E-state index contributed by atoms with van der Waals surface area (Å²) in [6.45, 7) is 5.21. The van der Waals surface area contributed by atoms with Crippen molar-refractivity contribution >= 4 is 28.4 Å². The van der Waals surface area contributed by atoms with E-state index < -0.39 is 0 Å². The van der Waals surface area contributed by atoms with E-state index in [-0.39, 0.29) is 17.7 Å². The summed E-state index contributed by atoms with van der Waals surface area (Å²) in [6.07, 6.45) is 7.57. The number of hydrogen-bond acceptors (Lipinski definition) is 5. The summed E-state index contributed by atoms with van der Waals surface area (Å²) in [5.41, 5.74) is 2.87. The summed E-state index contributed by atoms with van der Waals surface area (Å²) in [4.78, 5) is 31.5. The normalized spacial score (nSPS) is 15.0. The van der Waals surface area contributed by atoms with E-state index in [9.17, 15) is 9.59 Å². The highest BCUT2D eigenvalue weighted by Gasteiger charge is 2.26. The predicted octanol–water partition coefficient (Wildman–Crippen LogP) is 2.46. The number of benzene rings is 1. The molecule has 1 aliphatic heterocycles. The molecule has 168 valence electrons. The highest BCUT2D eigenvalue weighted by Crippen LogP contribution is 2.19. The monoisotopic (exact) mass is 434 g/mol. The fraction of sp³-hybridized carbons (Fsp3) is 0.417. The van der Waals surface area contributed by atoms with Crippen LogP contribution in [0.25, 0.3) is 10.9 Å². The van der Waals surface area contributed by atoms with Gasteiger partial charge in [0, 0.05) is 36.8 Å². The Labute approximate surface area is 188 Å². The lowest BCUT2D eigenvalue weighted by Crippen LogP contribution is -2.43. The van der Waals surface area contributed by atoms with Gasteiger partial charge in [0.15, 0.2) is 0 Å². The fourth-order valence-corrected chi connectivity index (χ4v) is 4.16. The lowest BCUT2D eigenvalue weighted by molar-refractivity contribution is -0.123. The zero-order chi connectivity index (χ0) is 22.3. The molecular formula is C24H30N6O2. The van der Waals surface area contributed by atoms with Gasteiger partial charge < -0.3 is 10.6 Å². The molecule has 1 aromatic carbocycles. The van der Waals surface area contributed by atoms with Gasteiger partial charge in [-0.15, -0.1) is 0 Å². The van der Waals surface area contributed by atoms with E-state index in [1.54, 1.807) is 17.1 Å². The number of carbonyl (C=O) groups is 2. The minimum absolute atomic E-state index is 0.0214. The summed E-state index contributed by atoms with van der Waals surface area (Å²) in [6, 6.07) is 10.1. The van der Waals surface area contributed by atoms with Crippen molar-refractivity contribution < 1.29 is 9.59 Å². The molecule has 3 heterocycles. The number of piperidine rings is 1. The molecular weight excluding hydrogens is 404 g/mol. The maximum Gasteiger partial charge on any atom is 0.234 e. The third kappa shape index (κ3) is 5.50. The Balaban J connectivity index is 1.18. The van der Waals surface area contributed by atoms with Crippen LogP contribution in [0.5, 0.6) is 0 Å². The number of aryl methyl sites for hydroxylation is 1. The number of aromatic nitrogens is 3. The quantitative estimate of drug-likeness (QED) is 0.568. The zero-order valence-corrected chi connectivity index (χ0v) is 18.5. The van der Waals surface area contributed by atoms with Crippen LogP contribution in [-0.4, -0.2) is 57.7 Å². The van der Waals surface area contributed by atoms with Crippen LogP contribution in [-0.2, 0) is 22.6 Å². The van der Waals surface area contributed by atoms with Gasteiger partial charge in [0.25, 0.3) is 0 Å². The molecule has 8 heteroatoms. The molecule has 0 atom stereocenters. The Morgan fingerprint density at radius 3 is 2.75 bits per heavy atom. The third-order valence-corrected chi connectivity index (χ3v) is 5.98. The molecule has 0 radical (unpaired) electrons. The van der Waals surface area contributed by atoms with Gasteiger partial charge in [-0.05, 0) is 50.9 Å². The van der Waals surface area contributed by atoms with Gasteiger partial charge in [0.1, 0.15) is 0 Å². The Morgan fingerprint density at radius 1 is 1.16 bits per heavy atom. The largest absolute Gasteiger partial charge is 0.355 e. The van der Waals surface area contributed by atoms with Crippen LogP contribution in [0.2, 0.25) is 0 Å². The van der Waals surface area contributed by atoms with E-state index >= 15 is 0 Å². The van der Waals surface area contributed by atoms with Gasteiger partial charge in [0.05, 0.1) is 23.9 Å². The number of nitrogens with one attached hydrogen (secondary N) is 2. The molecule has 0 saturated carbocycles. The minimum atomic E-state index is -0.0295. The Kier molecular flexibility index (Phi) is 7.11. The number of hydrogen-bond donors (Lipinski definition) is 2. The molecule has 8 nitrogen and oxygen atoms in total. The first-order valence-corrected chi connectivity index (χ1v) is 11.3. The van der Waals surface area contributed by atoms with Crippen LogP contribution in [0, 0.1) is 5.92 Å². The van der Waals surface area contributed by atoms with Gasteiger partial charge in [-0.2, -0.15) is 5.10 Å². The summed E-state index contributed by atoms with van der Waals surface area (Å²) in [5.74, 6) is 0.0275. The van der Waals surface area contributed by atoms with E-state index in [0.29, 0.717) is 13.1 Å². The molecule has 2 N–H and O–H groups in total. The van der Waals surface area contributed by atoms with E-state index in [4.69, 9.17) is 0 Å². The van der Waals surface area contributed by atoms with Crippen LogP contribution in [0.3, 0.4) is 0 Å². The van der Waals surface area contributed by atoms with Crippen LogP contribution >= 0.6 is 0 Å². The molecule has 1 fully saturated rings. The Bertz CT molecular complexity index is 1070. The summed E-state index contributed by atoms with van der Waals surface area (Å²) in [7, 11) is 0. The van der Waals surface area contributed by atoms with E-state index in [1.807, 2.05) is 37.4 Å². The second-order valence-electron chi connectivity index (χ2n) is 8.22. The summed E-state index contributed by atoms with van der Waals surface area (Å²) < 4.78 is 1.79. The molecule has 0 aliphatic carbocycles. The molecule has 0 bridgehead atoms. The molecule has 4 rings (SSSR count). The number of fused-ring (bicyclic) bond motifs is 1. The number of amides is 2. The molecule has 3 aromatic rings. The fourth-order valence-electron chi connectivity index (χ4n) is 4.16. The van der Waals surface area contributed by atoms with Crippen LogP contribution in [0.1, 0.15) is 25.3 Å². The highest BCUT2D eigenvalue weighted by atomic mass is 16.2. The highest BCUT2D eigenvalue weighted by molar-refractivity contribution is 5.92. The zero-order valence-electron chi connectivity index (χ0n) is 18.5. The molecule has 2 aromatic heterocycles. The van der Waals surface area contributed by atoms with Crippen molar-refractivity contribution in [1.29, 1.82) is 0 Å². The molecule has 1 aliphatic rings. The van der Waals surface area contributed by atoms with Gasteiger partial charge in [-0.1, -0.05) is 24.3 Å². The molecule has 0 unspecified atom stereocenters. The number of pyridine rings is 1. The summed E-state index contributed by atoms with van der Waals surface area (Å²) >= 11 is 0. The van der Waals surface area contributed by atoms with Gasteiger partial charge in [-0.25, -0.2) is 0 Å². The van der Waals surface area contributed by atoms with Gasteiger partial charge in [0.2, 0.25) is 11.8 Å². The van der Waals surface area contributed by atoms with Crippen molar-refractivity contribution in [1.82, 2.24) is 25.0 Å². The first kappa shape index (κ1) is 22.0. The first-order valence-electron chi connectivity index (χ1n) is 11.3. The van der Waals surface area contributed by atoms with Gasteiger partial charge in [-0.3, -0.25) is 24.2 Å². The predicted molar refractivity (Wildman–Crippen MR) is 124 cm³/mol. The second-order valence-corrected chi connectivity index (χ2v) is 8.22. The van der Waals surface area contributed by atoms with Crippen molar-refractivity contribution in [3.05, 3.63) is 54.5 Å². The maximum absolute atomic E-state index is 12.5. The lowest BCUT2D eigenvalue weighted by atomic mass is 9.96. The topological polar surface area (TPSA) is 92.2 Å². The number of para-hydroxylation sites is 1.